The van der Waals surface area contributed by atoms with Gasteiger partial charge in [-0.1, -0.05) is 0 Å². The Balaban J connectivity index is -0.000000460. The number of carbonyl (C=O) groups excluding carboxylic acids is 2. The van der Waals surface area contributed by atoms with Crippen molar-refractivity contribution in [1.82, 2.24) is 15.0 Å². The average molecular weight is 579 g/mol. The fourth-order valence-corrected chi connectivity index (χ4v) is 2.26. The molecule has 13 heteroatoms. The third-order valence-corrected chi connectivity index (χ3v) is 4.05. The molecule has 3 heterocycles. The Bertz CT molecular complexity index is 870. The summed E-state index contributed by atoms with van der Waals surface area (Å²) in [5.74, 6) is -0.735. The van der Waals surface area contributed by atoms with Crippen molar-refractivity contribution in [1.29, 1.82) is 0 Å². The van der Waals surface area contributed by atoms with E-state index >= 15 is 0 Å². The van der Waals surface area contributed by atoms with Crippen molar-refractivity contribution in [3.05, 3.63) is 66.6 Å². The molecule has 0 spiro atoms. The number of rotatable bonds is 5. The van der Waals surface area contributed by atoms with Crippen molar-refractivity contribution < 1.29 is 53.7 Å². The maximum Gasteiger partial charge on any atom is 2.00 e. The maximum absolute atomic E-state index is 12.3. The van der Waals surface area contributed by atoms with Crippen LogP contribution in [-0.4, -0.2) is 77.1 Å². The molecule has 1 amide bonds. The normalized spacial score (nSPS) is 11.5. The quantitative estimate of drug-likeness (QED) is 0.177. The molecule has 35 heavy (non-hydrogen) atoms. The summed E-state index contributed by atoms with van der Waals surface area (Å²) in [5, 5.41) is 0.949. The van der Waals surface area contributed by atoms with Crippen LogP contribution in [-0.2, 0) is 9.57 Å². The Morgan fingerprint density at radius 1 is 0.971 bits per heavy atom. The SMILES string of the molecule is C1CCOC1.CC(=O)c1ccnc(C(F)F)c1.CON(C)C(=O)c1ccnc(C(F)F)c1.[Br-].[CH3-].[Mg+2]. The number of amides is 1. The summed E-state index contributed by atoms with van der Waals surface area (Å²) < 4.78 is 53.6. The monoisotopic (exact) mass is 577 g/mol. The van der Waals surface area contributed by atoms with Crippen LogP contribution in [0.1, 0.15) is 64.7 Å². The standard InChI is InChI=1S/C9H10F2N2O2.C8H7F2NO.C4H8O.CH3.BrH.Mg/c1-13(15-2)9(14)6-3-4-12-7(5-6)8(10)11;1-5(12)6-2-3-11-7(4-6)8(9)10;1-2-4-5-3-1;;;/h3-5,8H,1-2H3;2-4,8H,1H3;1-4H2;1H3;1H;/q;;;-1;;+2/p-1. The zero-order valence-corrected chi connectivity index (χ0v) is 23.0. The van der Waals surface area contributed by atoms with Gasteiger partial charge in [0, 0.05) is 43.8 Å². The second-order valence-corrected chi connectivity index (χ2v) is 6.40. The summed E-state index contributed by atoms with van der Waals surface area (Å²) in [6.45, 7) is 3.32. The van der Waals surface area contributed by atoms with Gasteiger partial charge >= 0.3 is 23.1 Å². The molecule has 3 rings (SSSR count). The molecule has 1 fully saturated rings. The van der Waals surface area contributed by atoms with Crippen LogP contribution in [0.5, 0.6) is 0 Å². The Morgan fingerprint density at radius 2 is 1.40 bits per heavy atom. The van der Waals surface area contributed by atoms with Gasteiger partial charge in [0.2, 0.25) is 0 Å². The summed E-state index contributed by atoms with van der Waals surface area (Å²) in [7, 11) is 2.71. The molecule has 0 radical (unpaired) electrons. The molecule has 1 saturated heterocycles. The van der Waals surface area contributed by atoms with E-state index in [9.17, 15) is 27.2 Å². The number of Topliss-reactive ketones (excluding diaryl/α,β-unsaturated/α-hetero) is 1. The van der Waals surface area contributed by atoms with Crippen LogP contribution in [0.25, 0.3) is 0 Å². The third kappa shape index (κ3) is 14.5. The van der Waals surface area contributed by atoms with Gasteiger partial charge in [0.25, 0.3) is 18.8 Å². The summed E-state index contributed by atoms with van der Waals surface area (Å²) in [4.78, 5) is 33.7. The topological polar surface area (TPSA) is 81.6 Å². The van der Waals surface area contributed by atoms with Crippen LogP contribution in [0.4, 0.5) is 17.6 Å². The number of pyridine rings is 2. The first-order valence-electron chi connectivity index (χ1n) is 9.56. The van der Waals surface area contributed by atoms with Gasteiger partial charge in [-0.3, -0.25) is 24.4 Å². The predicted molar refractivity (Wildman–Crippen MR) is 120 cm³/mol. The molecular formula is C22H28BrF4MgN3O4. The van der Waals surface area contributed by atoms with E-state index in [0.717, 1.165) is 36.6 Å². The van der Waals surface area contributed by atoms with E-state index in [1.165, 1.54) is 52.3 Å². The first-order chi connectivity index (χ1) is 15.2. The van der Waals surface area contributed by atoms with Crippen LogP contribution < -0.4 is 17.0 Å². The van der Waals surface area contributed by atoms with E-state index in [4.69, 9.17) is 4.74 Å². The van der Waals surface area contributed by atoms with Crippen molar-refractivity contribution in [3.63, 3.8) is 0 Å². The first-order valence-corrected chi connectivity index (χ1v) is 9.56. The summed E-state index contributed by atoms with van der Waals surface area (Å²) in [6, 6.07) is 4.91. The zero-order chi connectivity index (χ0) is 24.1. The number of nitrogens with zero attached hydrogens (tertiary/aromatic N) is 3. The molecule has 0 bridgehead atoms. The van der Waals surface area contributed by atoms with E-state index in [1.54, 1.807) is 0 Å². The van der Waals surface area contributed by atoms with Gasteiger partial charge < -0.3 is 29.1 Å². The van der Waals surface area contributed by atoms with Crippen molar-refractivity contribution in [2.75, 3.05) is 27.4 Å². The van der Waals surface area contributed by atoms with Crippen LogP contribution >= 0.6 is 0 Å². The van der Waals surface area contributed by atoms with Crippen LogP contribution in [0, 0.1) is 7.43 Å². The van der Waals surface area contributed by atoms with Gasteiger partial charge in [0.1, 0.15) is 11.4 Å². The fraction of sp³-hybridized carbons (Fsp3) is 0.409. The van der Waals surface area contributed by atoms with Crippen LogP contribution in [0.2, 0.25) is 0 Å². The van der Waals surface area contributed by atoms with Gasteiger partial charge in [-0.05, 0) is 44.0 Å². The zero-order valence-electron chi connectivity index (χ0n) is 20.0. The number of aromatic nitrogens is 2. The Labute approximate surface area is 229 Å². The van der Waals surface area contributed by atoms with Gasteiger partial charge in [-0.25, -0.2) is 22.6 Å². The van der Waals surface area contributed by atoms with E-state index in [2.05, 4.69) is 14.8 Å². The van der Waals surface area contributed by atoms with Gasteiger partial charge in [-0.15, -0.1) is 0 Å². The number of hydrogen-bond donors (Lipinski definition) is 0. The fourth-order valence-electron chi connectivity index (χ4n) is 2.26. The van der Waals surface area contributed by atoms with E-state index < -0.39 is 24.5 Å². The van der Waals surface area contributed by atoms with Crippen LogP contribution in [0.15, 0.2) is 36.7 Å². The summed E-state index contributed by atoms with van der Waals surface area (Å²) in [5.41, 5.74) is -0.405. The minimum atomic E-state index is -2.69. The molecule has 0 aromatic carbocycles. The third-order valence-electron chi connectivity index (χ3n) is 4.05. The molecule has 0 saturated carbocycles. The predicted octanol–water partition coefficient (Wildman–Crippen LogP) is 1.74. The van der Waals surface area contributed by atoms with Crippen molar-refractivity contribution in [2.24, 2.45) is 0 Å². The second kappa shape index (κ2) is 20.5. The number of hydrogen-bond acceptors (Lipinski definition) is 6. The van der Waals surface area contributed by atoms with E-state index in [-0.39, 0.29) is 70.1 Å². The number of carbonyl (C=O) groups is 2. The van der Waals surface area contributed by atoms with Gasteiger partial charge in [0.15, 0.2) is 5.78 Å². The summed E-state index contributed by atoms with van der Waals surface area (Å²) >= 11 is 0. The molecule has 2 aromatic rings. The van der Waals surface area contributed by atoms with E-state index in [0.29, 0.717) is 0 Å². The Hall–Kier alpha value is -1.67. The number of ketones is 1. The molecule has 2 aromatic heterocycles. The van der Waals surface area contributed by atoms with Crippen molar-refractivity contribution >= 4 is 34.7 Å². The van der Waals surface area contributed by atoms with Crippen LogP contribution in [0.3, 0.4) is 0 Å². The maximum atomic E-state index is 12.3. The van der Waals surface area contributed by atoms with Gasteiger partial charge in [-0.2, -0.15) is 0 Å². The largest absolute Gasteiger partial charge is 2.00 e. The van der Waals surface area contributed by atoms with Gasteiger partial charge in [0.05, 0.1) is 7.11 Å². The molecule has 0 unspecified atom stereocenters. The van der Waals surface area contributed by atoms with E-state index in [1.807, 2.05) is 0 Å². The smallest absolute Gasteiger partial charge is 1.00 e. The average Bonchev–Trinajstić information content (AvgIpc) is 3.39. The molecule has 0 N–H and O–H groups in total. The Morgan fingerprint density at radius 3 is 1.74 bits per heavy atom. The summed E-state index contributed by atoms with van der Waals surface area (Å²) in [6.07, 6.45) is -0.383. The number of hydroxylamine groups is 2. The molecular weight excluding hydrogens is 550 g/mol. The van der Waals surface area contributed by atoms with Crippen molar-refractivity contribution in [2.45, 2.75) is 32.6 Å². The minimum absolute atomic E-state index is 0. The molecule has 0 atom stereocenters. The molecule has 192 valence electrons. The second-order valence-electron chi connectivity index (χ2n) is 6.40. The van der Waals surface area contributed by atoms with Crippen molar-refractivity contribution in [3.8, 4) is 0 Å². The molecule has 7 nitrogen and oxygen atoms in total. The molecule has 1 aliphatic rings. The number of ether oxygens (including phenoxy) is 1. The first kappa shape index (κ1) is 37.9. The number of alkyl halides is 4. The molecule has 1 aliphatic heterocycles. The Kier molecular flexibility index (Phi) is 22.2. The number of halogens is 5. The molecule has 0 aliphatic carbocycles. The minimum Gasteiger partial charge on any atom is -1.00 e.